The lowest BCUT2D eigenvalue weighted by Gasteiger charge is -2.20. The Balaban J connectivity index is 1.67. The van der Waals surface area contributed by atoms with Crippen molar-refractivity contribution in [2.24, 2.45) is 5.92 Å². The molecule has 0 atom stereocenters. The first-order chi connectivity index (χ1) is 10.1. The van der Waals surface area contributed by atoms with Crippen molar-refractivity contribution < 1.29 is 9.59 Å². The zero-order valence-electron chi connectivity index (χ0n) is 12.7. The zero-order chi connectivity index (χ0) is 15.1. The van der Waals surface area contributed by atoms with Crippen LogP contribution < -0.4 is 10.6 Å². The summed E-state index contributed by atoms with van der Waals surface area (Å²) in [7, 11) is 0. The van der Waals surface area contributed by atoms with E-state index < -0.39 is 0 Å². The highest BCUT2D eigenvalue weighted by molar-refractivity contribution is 5.85. The van der Waals surface area contributed by atoms with Crippen LogP contribution in [0.3, 0.4) is 0 Å². The topological polar surface area (TPSA) is 58.2 Å². The Morgan fingerprint density at radius 1 is 1.05 bits per heavy atom. The molecule has 1 fully saturated rings. The molecule has 2 amide bonds. The Hall–Kier alpha value is -1.84. The summed E-state index contributed by atoms with van der Waals surface area (Å²) in [6, 6.07) is 8.03. The second-order valence-corrected chi connectivity index (χ2v) is 5.82. The average Bonchev–Trinajstić information content (AvgIpc) is 2.53. The molecule has 0 heterocycles. The van der Waals surface area contributed by atoms with Gasteiger partial charge in [0.05, 0.1) is 6.54 Å². The van der Waals surface area contributed by atoms with Crippen LogP contribution in [0.1, 0.15) is 43.2 Å². The Bertz CT molecular complexity index is 476. The molecule has 1 aromatic carbocycles. The maximum atomic E-state index is 11.9. The third-order valence-electron chi connectivity index (χ3n) is 4.01. The minimum absolute atomic E-state index is 0.0279. The number of carbonyl (C=O) groups is 2. The summed E-state index contributed by atoms with van der Waals surface area (Å²) >= 11 is 0. The van der Waals surface area contributed by atoms with Crippen LogP contribution >= 0.6 is 0 Å². The summed E-state index contributed by atoms with van der Waals surface area (Å²) in [6.07, 6.45) is 5.38. The van der Waals surface area contributed by atoms with E-state index in [2.05, 4.69) is 10.6 Å². The monoisotopic (exact) mass is 288 g/mol. The maximum Gasteiger partial charge on any atom is 0.239 e. The van der Waals surface area contributed by atoms with Crippen molar-refractivity contribution in [3.63, 3.8) is 0 Å². The molecule has 0 bridgehead atoms. The summed E-state index contributed by atoms with van der Waals surface area (Å²) in [5, 5.41) is 5.57. The van der Waals surface area contributed by atoms with E-state index in [0.29, 0.717) is 6.54 Å². The summed E-state index contributed by atoms with van der Waals surface area (Å²) in [5.74, 6) is -0.0106. The molecule has 1 aromatic rings. The zero-order valence-corrected chi connectivity index (χ0v) is 12.7. The number of carbonyl (C=O) groups excluding carboxylic acids is 2. The molecule has 0 aliphatic heterocycles. The van der Waals surface area contributed by atoms with Crippen molar-refractivity contribution in [2.75, 3.05) is 6.54 Å². The van der Waals surface area contributed by atoms with E-state index in [4.69, 9.17) is 0 Å². The molecule has 0 spiro atoms. The van der Waals surface area contributed by atoms with E-state index in [9.17, 15) is 9.59 Å². The standard InChI is InChI=1S/C17H24N2O2/c1-13-7-9-14(10-8-13)11-18-16(20)12-19-17(21)15-5-3-2-4-6-15/h7-10,15H,2-6,11-12H2,1H3,(H,18,20)(H,19,21). The fraction of sp³-hybridized carbons (Fsp3) is 0.529. The first-order valence-electron chi connectivity index (χ1n) is 7.75. The number of aryl methyl sites for hydroxylation is 1. The van der Waals surface area contributed by atoms with Crippen LogP contribution in [0.15, 0.2) is 24.3 Å². The van der Waals surface area contributed by atoms with Gasteiger partial charge >= 0.3 is 0 Å². The number of hydrogen-bond acceptors (Lipinski definition) is 2. The van der Waals surface area contributed by atoms with E-state index in [0.717, 1.165) is 31.2 Å². The maximum absolute atomic E-state index is 11.9. The molecule has 0 aromatic heterocycles. The molecule has 4 heteroatoms. The largest absolute Gasteiger partial charge is 0.350 e. The van der Waals surface area contributed by atoms with E-state index in [1.807, 2.05) is 31.2 Å². The first kappa shape index (κ1) is 15.5. The molecule has 114 valence electrons. The van der Waals surface area contributed by atoms with Crippen LogP contribution in [-0.4, -0.2) is 18.4 Å². The third-order valence-corrected chi connectivity index (χ3v) is 4.01. The van der Waals surface area contributed by atoms with Gasteiger partial charge in [0, 0.05) is 12.5 Å². The van der Waals surface area contributed by atoms with Gasteiger partial charge in [-0.25, -0.2) is 0 Å². The lowest BCUT2D eigenvalue weighted by atomic mass is 9.89. The third kappa shape index (κ3) is 5.21. The van der Waals surface area contributed by atoms with Crippen LogP contribution in [0.5, 0.6) is 0 Å². The lowest BCUT2D eigenvalue weighted by Crippen LogP contribution is -2.39. The van der Waals surface area contributed by atoms with Gasteiger partial charge in [-0.2, -0.15) is 0 Å². The summed E-state index contributed by atoms with van der Waals surface area (Å²) in [4.78, 5) is 23.7. The molecular formula is C17H24N2O2. The van der Waals surface area contributed by atoms with Crippen LogP contribution in [0.25, 0.3) is 0 Å². The molecule has 1 saturated carbocycles. The van der Waals surface area contributed by atoms with Gasteiger partial charge in [-0.1, -0.05) is 49.1 Å². The Morgan fingerprint density at radius 3 is 2.38 bits per heavy atom. The predicted octanol–water partition coefficient (Wildman–Crippen LogP) is 2.31. The minimum Gasteiger partial charge on any atom is -0.350 e. The summed E-state index contributed by atoms with van der Waals surface area (Å²) < 4.78 is 0. The number of hydrogen-bond donors (Lipinski definition) is 2. The van der Waals surface area contributed by atoms with Gasteiger partial charge in [0.2, 0.25) is 11.8 Å². The number of nitrogens with one attached hydrogen (secondary N) is 2. The van der Waals surface area contributed by atoms with Gasteiger partial charge in [0.25, 0.3) is 0 Å². The molecule has 4 nitrogen and oxygen atoms in total. The van der Waals surface area contributed by atoms with Crippen molar-refractivity contribution in [1.82, 2.24) is 10.6 Å². The molecular weight excluding hydrogens is 264 g/mol. The van der Waals surface area contributed by atoms with Gasteiger partial charge < -0.3 is 10.6 Å². The highest BCUT2D eigenvalue weighted by atomic mass is 16.2. The Morgan fingerprint density at radius 2 is 1.71 bits per heavy atom. The first-order valence-corrected chi connectivity index (χ1v) is 7.75. The lowest BCUT2D eigenvalue weighted by molar-refractivity contribution is -0.129. The van der Waals surface area contributed by atoms with Crippen molar-refractivity contribution >= 4 is 11.8 Å². The van der Waals surface area contributed by atoms with Gasteiger partial charge in [-0.05, 0) is 25.3 Å². The fourth-order valence-electron chi connectivity index (χ4n) is 2.65. The Labute approximate surface area is 126 Å². The van der Waals surface area contributed by atoms with Crippen molar-refractivity contribution in [3.05, 3.63) is 35.4 Å². The van der Waals surface area contributed by atoms with Gasteiger partial charge in [0.15, 0.2) is 0 Å². The molecule has 0 unspecified atom stereocenters. The Kier molecular flexibility index (Phi) is 5.78. The SMILES string of the molecule is Cc1ccc(CNC(=O)CNC(=O)C2CCCCC2)cc1. The number of benzene rings is 1. The van der Waals surface area contributed by atoms with E-state index in [1.54, 1.807) is 0 Å². The highest BCUT2D eigenvalue weighted by Crippen LogP contribution is 2.23. The quantitative estimate of drug-likeness (QED) is 0.873. The predicted molar refractivity (Wildman–Crippen MR) is 82.6 cm³/mol. The molecule has 0 radical (unpaired) electrons. The summed E-state index contributed by atoms with van der Waals surface area (Å²) in [5.41, 5.74) is 2.26. The van der Waals surface area contributed by atoms with E-state index in [-0.39, 0.29) is 24.3 Å². The summed E-state index contributed by atoms with van der Waals surface area (Å²) in [6.45, 7) is 2.60. The van der Waals surface area contributed by atoms with Gasteiger partial charge in [-0.15, -0.1) is 0 Å². The molecule has 1 aliphatic carbocycles. The fourth-order valence-corrected chi connectivity index (χ4v) is 2.65. The van der Waals surface area contributed by atoms with Crippen molar-refractivity contribution in [2.45, 2.75) is 45.6 Å². The minimum atomic E-state index is -0.139. The molecule has 2 N–H and O–H groups in total. The smallest absolute Gasteiger partial charge is 0.239 e. The number of amides is 2. The van der Waals surface area contributed by atoms with Crippen LogP contribution in [0.2, 0.25) is 0 Å². The van der Waals surface area contributed by atoms with Crippen LogP contribution in [0.4, 0.5) is 0 Å². The highest BCUT2D eigenvalue weighted by Gasteiger charge is 2.21. The van der Waals surface area contributed by atoms with Gasteiger partial charge in [-0.3, -0.25) is 9.59 Å². The van der Waals surface area contributed by atoms with Crippen LogP contribution in [-0.2, 0) is 16.1 Å². The van der Waals surface area contributed by atoms with Crippen molar-refractivity contribution in [1.29, 1.82) is 0 Å². The van der Waals surface area contributed by atoms with E-state index >= 15 is 0 Å². The van der Waals surface area contributed by atoms with Gasteiger partial charge in [0.1, 0.15) is 0 Å². The molecule has 0 saturated heterocycles. The normalized spacial score (nSPS) is 15.5. The second-order valence-electron chi connectivity index (χ2n) is 5.82. The molecule has 2 rings (SSSR count). The van der Waals surface area contributed by atoms with E-state index in [1.165, 1.54) is 12.0 Å². The molecule has 21 heavy (non-hydrogen) atoms. The average molecular weight is 288 g/mol. The number of rotatable bonds is 5. The van der Waals surface area contributed by atoms with Crippen LogP contribution in [0, 0.1) is 12.8 Å². The second kappa shape index (κ2) is 7.81. The van der Waals surface area contributed by atoms with Crippen molar-refractivity contribution in [3.8, 4) is 0 Å². The molecule has 1 aliphatic rings.